The third-order valence-electron chi connectivity index (χ3n) is 4.42. The molecule has 0 amide bonds. The monoisotopic (exact) mass is 232 g/mol. The Morgan fingerprint density at radius 3 is 1.07 bits per heavy atom. The topological polar surface area (TPSA) is 6.48 Å². The van der Waals surface area contributed by atoms with Crippen molar-refractivity contribution in [1.82, 2.24) is 9.13 Å². The van der Waals surface area contributed by atoms with Gasteiger partial charge in [-0.05, 0) is 33.4 Å². The van der Waals surface area contributed by atoms with Gasteiger partial charge >= 0.3 is 0 Å². The van der Waals surface area contributed by atoms with Crippen LogP contribution in [0, 0.1) is 0 Å². The molecule has 14 heavy (non-hydrogen) atoms. The maximum Gasteiger partial charge on any atom is 0.123 e. The van der Waals surface area contributed by atoms with E-state index in [1.807, 2.05) is 0 Å². The van der Waals surface area contributed by atoms with Gasteiger partial charge in [0, 0.05) is 0 Å². The number of hydrogen-bond donors (Lipinski definition) is 0. The van der Waals surface area contributed by atoms with Gasteiger partial charge in [0.2, 0.25) is 0 Å². The second kappa shape index (κ2) is 4.47. The Morgan fingerprint density at radius 1 is 0.714 bits per heavy atom. The molecule has 0 saturated carbocycles. The van der Waals surface area contributed by atoms with Gasteiger partial charge in [-0.2, -0.15) is 0 Å². The predicted octanol–water partition coefficient (Wildman–Crippen LogP) is 2.45. The van der Waals surface area contributed by atoms with Crippen LogP contribution in [0.2, 0.25) is 31.4 Å². The second-order valence-electron chi connectivity index (χ2n) is 5.82. The minimum absolute atomic E-state index is 0.875. The van der Waals surface area contributed by atoms with Crippen LogP contribution in [0.3, 0.4) is 0 Å². The Hall–Kier alpha value is 0.354. The molecule has 0 unspecified atom stereocenters. The molecule has 0 aromatic heterocycles. The molecule has 0 aliphatic rings. The molecule has 0 spiro atoms. The van der Waals surface area contributed by atoms with Crippen molar-refractivity contribution in [1.29, 1.82) is 0 Å². The van der Waals surface area contributed by atoms with Crippen LogP contribution in [0.25, 0.3) is 0 Å². The van der Waals surface area contributed by atoms with E-state index in [9.17, 15) is 0 Å². The first-order valence-electron chi connectivity index (χ1n) is 5.39. The van der Waals surface area contributed by atoms with Crippen LogP contribution in [-0.2, 0) is 0 Å². The van der Waals surface area contributed by atoms with Crippen molar-refractivity contribution in [2.24, 2.45) is 0 Å². The number of hydrogen-bond acceptors (Lipinski definition) is 2. The van der Waals surface area contributed by atoms with Crippen LogP contribution in [0.1, 0.15) is 6.92 Å². The van der Waals surface area contributed by atoms with E-state index in [0.717, 1.165) is 5.16 Å². The molecule has 0 aromatic rings. The average Bonchev–Trinajstić information content (AvgIpc) is 2.02. The Bertz CT molecular complexity index is 169. The van der Waals surface area contributed by atoms with Crippen LogP contribution in [0.4, 0.5) is 0 Å². The molecular weight excluding hydrogens is 204 g/mol. The maximum atomic E-state index is 2.48. The highest BCUT2D eigenvalue weighted by Crippen LogP contribution is 2.33. The van der Waals surface area contributed by atoms with E-state index in [2.05, 4.69) is 70.4 Å². The standard InChI is InChI=1S/C10H28N2Si2/c1-10(13(6,7)11(2)3)14(8,9)12(4)5/h10H,1-9H3. The van der Waals surface area contributed by atoms with Crippen molar-refractivity contribution < 1.29 is 0 Å². The van der Waals surface area contributed by atoms with Crippen molar-refractivity contribution >= 4 is 16.5 Å². The van der Waals surface area contributed by atoms with Crippen molar-refractivity contribution in [3.63, 3.8) is 0 Å². The fourth-order valence-electron chi connectivity index (χ4n) is 1.64. The fourth-order valence-corrected chi connectivity index (χ4v) is 11.7. The number of nitrogens with zero attached hydrogens (tertiary/aromatic N) is 2. The summed E-state index contributed by atoms with van der Waals surface area (Å²) in [4.78, 5) is 0. The summed E-state index contributed by atoms with van der Waals surface area (Å²) < 4.78 is 4.96. The van der Waals surface area contributed by atoms with Crippen LogP contribution >= 0.6 is 0 Å². The second-order valence-corrected chi connectivity index (χ2v) is 16.5. The van der Waals surface area contributed by atoms with Crippen LogP contribution in [0.5, 0.6) is 0 Å². The van der Waals surface area contributed by atoms with Crippen LogP contribution in [0.15, 0.2) is 0 Å². The Labute approximate surface area is 92.5 Å². The molecule has 0 aliphatic heterocycles. The molecule has 4 heteroatoms. The molecule has 0 aromatic carbocycles. The van der Waals surface area contributed by atoms with E-state index in [1.165, 1.54) is 0 Å². The predicted molar refractivity (Wildman–Crippen MR) is 71.8 cm³/mol. The van der Waals surface area contributed by atoms with Crippen molar-refractivity contribution in [2.75, 3.05) is 28.2 Å². The van der Waals surface area contributed by atoms with E-state index >= 15 is 0 Å². The third kappa shape index (κ3) is 2.69. The van der Waals surface area contributed by atoms with E-state index in [0.29, 0.717) is 0 Å². The van der Waals surface area contributed by atoms with Gasteiger partial charge in [-0.1, -0.05) is 33.1 Å². The molecule has 0 saturated heterocycles. The summed E-state index contributed by atoms with van der Waals surface area (Å²) in [7, 11) is 6.50. The highest BCUT2D eigenvalue weighted by atomic mass is 28.4. The first-order valence-corrected chi connectivity index (χ1v) is 11.4. The molecule has 0 fully saturated rings. The van der Waals surface area contributed by atoms with Gasteiger partial charge in [0.15, 0.2) is 0 Å². The zero-order chi connectivity index (χ0) is 11.7. The highest BCUT2D eigenvalue weighted by molar-refractivity contribution is 6.94. The van der Waals surface area contributed by atoms with Gasteiger partial charge in [0.05, 0.1) is 0 Å². The maximum absolute atomic E-state index is 2.48. The quantitative estimate of drug-likeness (QED) is 0.687. The average molecular weight is 233 g/mol. The molecular formula is C10H28N2Si2. The summed E-state index contributed by atoms with van der Waals surface area (Å²) in [5.41, 5.74) is 0. The van der Waals surface area contributed by atoms with E-state index < -0.39 is 16.5 Å². The lowest BCUT2D eigenvalue weighted by atomic mass is 10.9. The minimum atomic E-state index is -1.23. The molecule has 0 heterocycles. The summed E-state index contributed by atoms with van der Waals surface area (Å²) in [6, 6.07) is 0. The van der Waals surface area contributed by atoms with Gasteiger partial charge < -0.3 is 9.13 Å². The molecule has 0 N–H and O–H groups in total. The molecule has 0 bridgehead atoms. The zero-order valence-electron chi connectivity index (χ0n) is 11.5. The fraction of sp³-hybridized carbons (Fsp3) is 1.00. The highest BCUT2D eigenvalue weighted by Gasteiger charge is 2.43. The first kappa shape index (κ1) is 14.4. The van der Waals surface area contributed by atoms with E-state index in [-0.39, 0.29) is 0 Å². The van der Waals surface area contributed by atoms with Crippen LogP contribution in [-0.4, -0.2) is 53.8 Å². The largest absolute Gasteiger partial charge is 0.329 e. The summed E-state index contributed by atoms with van der Waals surface area (Å²) >= 11 is 0. The first-order chi connectivity index (χ1) is 6.04. The zero-order valence-corrected chi connectivity index (χ0v) is 13.5. The molecule has 0 rings (SSSR count). The molecule has 86 valence electrons. The van der Waals surface area contributed by atoms with Gasteiger partial charge in [0.1, 0.15) is 16.5 Å². The summed E-state index contributed by atoms with van der Waals surface area (Å²) in [5.74, 6) is 0. The van der Waals surface area contributed by atoms with E-state index in [1.54, 1.807) is 0 Å². The van der Waals surface area contributed by atoms with Gasteiger partial charge in [-0.25, -0.2) is 0 Å². The normalized spacial score (nSPS) is 14.6. The Balaban J connectivity index is 4.85. The lowest BCUT2D eigenvalue weighted by Crippen LogP contribution is -2.60. The van der Waals surface area contributed by atoms with Gasteiger partial charge in [-0.15, -0.1) is 0 Å². The third-order valence-corrected chi connectivity index (χ3v) is 17.5. The lowest BCUT2D eigenvalue weighted by molar-refractivity contribution is 0.582. The molecule has 2 nitrogen and oxygen atoms in total. The van der Waals surface area contributed by atoms with Crippen molar-refractivity contribution in [3.8, 4) is 0 Å². The molecule has 0 aliphatic carbocycles. The smallest absolute Gasteiger partial charge is 0.123 e. The lowest BCUT2D eigenvalue weighted by Gasteiger charge is -2.46. The van der Waals surface area contributed by atoms with Crippen LogP contribution < -0.4 is 0 Å². The number of rotatable bonds is 4. The minimum Gasteiger partial charge on any atom is -0.329 e. The van der Waals surface area contributed by atoms with Gasteiger partial charge in [0.25, 0.3) is 0 Å². The molecule has 0 radical (unpaired) electrons. The van der Waals surface area contributed by atoms with E-state index in [4.69, 9.17) is 0 Å². The Morgan fingerprint density at radius 2 is 0.929 bits per heavy atom. The van der Waals surface area contributed by atoms with Crippen molar-refractivity contribution in [2.45, 2.75) is 38.3 Å². The Kier molecular flexibility index (Phi) is 4.58. The van der Waals surface area contributed by atoms with Gasteiger partial charge in [-0.3, -0.25) is 0 Å². The summed E-state index contributed by atoms with van der Waals surface area (Å²) in [5, 5.41) is 0.875. The SMILES string of the molecule is CC([Si](C)(C)N(C)C)[Si](C)(C)N(C)C. The summed E-state index contributed by atoms with van der Waals surface area (Å²) in [6.45, 7) is 12.4. The summed E-state index contributed by atoms with van der Waals surface area (Å²) in [6.07, 6.45) is 0. The van der Waals surface area contributed by atoms with Crippen molar-refractivity contribution in [3.05, 3.63) is 0 Å². The molecule has 0 atom stereocenters.